The summed E-state index contributed by atoms with van der Waals surface area (Å²) in [6, 6.07) is -1.13. The summed E-state index contributed by atoms with van der Waals surface area (Å²) in [4.78, 5) is 23.8. The van der Waals surface area contributed by atoms with Gasteiger partial charge in [0.15, 0.2) is 0 Å². The van der Waals surface area contributed by atoms with Crippen LogP contribution in [-0.2, 0) is 9.53 Å². The molecule has 0 aliphatic carbocycles. The summed E-state index contributed by atoms with van der Waals surface area (Å²) in [6.07, 6.45) is 0.380. The van der Waals surface area contributed by atoms with Gasteiger partial charge < -0.3 is 20.1 Å². The van der Waals surface area contributed by atoms with E-state index < -0.39 is 12.0 Å². The van der Waals surface area contributed by atoms with Crippen molar-refractivity contribution in [2.24, 2.45) is 0 Å². The number of carboxylic acid groups (broad SMARTS) is 1. The van der Waals surface area contributed by atoms with Gasteiger partial charge in [0.25, 0.3) is 0 Å². The molecule has 0 bridgehead atoms. The number of ether oxygens (including phenoxy) is 1. The molecule has 0 unspecified atom stereocenters. The third-order valence-corrected chi connectivity index (χ3v) is 2.30. The number of nitrogens with zero attached hydrogens (tertiary/aromatic N) is 1. The molecular formula is C9H16N2O4. The number of carbonyl (C=O) groups is 2. The van der Waals surface area contributed by atoms with E-state index >= 15 is 0 Å². The highest BCUT2D eigenvalue weighted by atomic mass is 16.5. The molecule has 2 N–H and O–H groups in total. The Balaban J connectivity index is 2.42. The van der Waals surface area contributed by atoms with Crippen LogP contribution in [0.1, 0.15) is 13.3 Å². The lowest BCUT2D eigenvalue weighted by Gasteiger charge is -2.28. The number of hydrogen-bond acceptors (Lipinski definition) is 3. The van der Waals surface area contributed by atoms with E-state index in [0.717, 1.165) is 0 Å². The molecule has 1 rings (SSSR count). The van der Waals surface area contributed by atoms with Crippen molar-refractivity contribution in [3.05, 3.63) is 0 Å². The Morgan fingerprint density at radius 3 is 2.53 bits per heavy atom. The first-order chi connectivity index (χ1) is 7.15. The van der Waals surface area contributed by atoms with E-state index in [1.54, 1.807) is 11.8 Å². The summed E-state index contributed by atoms with van der Waals surface area (Å²) in [5, 5.41) is 11.2. The topological polar surface area (TPSA) is 78.9 Å². The molecule has 0 aromatic carbocycles. The van der Waals surface area contributed by atoms with Gasteiger partial charge in [-0.1, -0.05) is 6.92 Å². The SMILES string of the molecule is CC[C@H](NC(=O)N1CCOCC1)C(=O)O. The Labute approximate surface area is 88.2 Å². The summed E-state index contributed by atoms with van der Waals surface area (Å²) in [7, 11) is 0. The van der Waals surface area contributed by atoms with Crippen LogP contribution in [0.25, 0.3) is 0 Å². The number of carboxylic acids is 1. The molecule has 1 saturated heterocycles. The molecule has 1 aliphatic heterocycles. The second-order valence-electron chi connectivity index (χ2n) is 3.35. The summed E-state index contributed by atoms with van der Waals surface area (Å²) >= 11 is 0. The van der Waals surface area contributed by atoms with Gasteiger partial charge in [0.1, 0.15) is 6.04 Å². The lowest BCUT2D eigenvalue weighted by molar-refractivity contribution is -0.139. The zero-order chi connectivity index (χ0) is 11.3. The van der Waals surface area contributed by atoms with Crippen molar-refractivity contribution < 1.29 is 19.4 Å². The number of aliphatic carboxylic acids is 1. The van der Waals surface area contributed by atoms with E-state index in [4.69, 9.17) is 9.84 Å². The minimum Gasteiger partial charge on any atom is -0.480 e. The largest absolute Gasteiger partial charge is 0.480 e. The number of urea groups is 1. The fraction of sp³-hybridized carbons (Fsp3) is 0.778. The predicted octanol–water partition coefficient (Wildman–Crippen LogP) is -0.109. The number of carbonyl (C=O) groups excluding carboxylic acids is 1. The van der Waals surface area contributed by atoms with E-state index in [2.05, 4.69) is 5.32 Å². The fourth-order valence-corrected chi connectivity index (χ4v) is 1.35. The Bertz CT molecular complexity index is 238. The smallest absolute Gasteiger partial charge is 0.326 e. The average molecular weight is 216 g/mol. The van der Waals surface area contributed by atoms with Crippen LogP contribution in [0.5, 0.6) is 0 Å². The maximum Gasteiger partial charge on any atom is 0.326 e. The van der Waals surface area contributed by atoms with Crippen molar-refractivity contribution >= 4 is 12.0 Å². The summed E-state index contributed by atoms with van der Waals surface area (Å²) < 4.78 is 5.09. The first-order valence-electron chi connectivity index (χ1n) is 5.01. The van der Waals surface area contributed by atoms with Gasteiger partial charge in [-0.3, -0.25) is 0 Å². The van der Waals surface area contributed by atoms with E-state index in [1.165, 1.54) is 0 Å². The molecule has 1 heterocycles. The molecule has 2 amide bonds. The molecule has 86 valence electrons. The van der Waals surface area contributed by atoms with Gasteiger partial charge in [-0.2, -0.15) is 0 Å². The number of morpholine rings is 1. The Kier molecular flexibility index (Phi) is 4.36. The van der Waals surface area contributed by atoms with Gasteiger partial charge in [0.05, 0.1) is 13.2 Å². The first kappa shape index (κ1) is 11.8. The minimum absolute atomic E-state index is 0.326. The van der Waals surface area contributed by atoms with Crippen LogP contribution in [0.15, 0.2) is 0 Å². The highest BCUT2D eigenvalue weighted by molar-refractivity contribution is 5.82. The first-order valence-corrected chi connectivity index (χ1v) is 5.01. The molecule has 6 heteroatoms. The number of nitrogens with one attached hydrogen (secondary N) is 1. The molecule has 1 fully saturated rings. The molecule has 0 spiro atoms. The third-order valence-electron chi connectivity index (χ3n) is 2.30. The Morgan fingerprint density at radius 1 is 1.47 bits per heavy atom. The molecule has 1 aliphatic rings. The number of amides is 2. The normalized spacial score (nSPS) is 18.3. The van der Waals surface area contributed by atoms with Gasteiger partial charge in [-0.25, -0.2) is 9.59 Å². The minimum atomic E-state index is -1.00. The summed E-state index contributed by atoms with van der Waals surface area (Å²) in [5.74, 6) is -1.00. The van der Waals surface area contributed by atoms with Crippen molar-refractivity contribution in [3.63, 3.8) is 0 Å². The molecule has 0 radical (unpaired) electrons. The summed E-state index contributed by atoms with van der Waals surface area (Å²) in [6.45, 7) is 3.77. The van der Waals surface area contributed by atoms with Crippen LogP contribution >= 0.6 is 0 Å². The van der Waals surface area contributed by atoms with Gasteiger partial charge in [-0.05, 0) is 6.42 Å². The lowest BCUT2D eigenvalue weighted by atomic mass is 10.2. The van der Waals surface area contributed by atoms with Crippen LogP contribution < -0.4 is 5.32 Å². The molecule has 0 saturated carbocycles. The quantitative estimate of drug-likeness (QED) is 0.690. The van der Waals surface area contributed by atoms with Crippen LogP contribution in [0.4, 0.5) is 4.79 Å². The zero-order valence-electron chi connectivity index (χ0n) is 8.73. The monoisotopic (exact) mass is 216 g/mol. The Hall–Kier alpha value is -1.30. The number of rotatable bonds is 3. The van der Waals surface area contributed by atoms with Gasteiger partial charge >= 0.3 is 12.0 Å². The standard InChI is InChI=1S/C9H16N2O4/c1-2-7(8(12)13)10-9(14)11-3-5-15-6-4-11/h7H,2-6H2,1H3,(H,10,14)(H,12,13)/t7-/m0/s1. The van der Waals surface area contributed by atoms with Crippen LogP contribution in [0.2, 0.25) is 0 Å². The molecule has 1 atom stereocenters. The van der Waals surface area contributed by atoms with Crippen molar-refractivity contribution in [2.75, 3.05) is 26.3 Å². The van der Waals surface area contributed by atoms with E-state index in [-0.39, 0.29) is 6.03 Å². The highest BCUT2D eigenvalue weighted by Gasteiger charge is 2.22. The summed E-state index contributed by atoms with van der Waals surface area (Å²) in [5.41, 5.74) is 0. The van der Waals surface area contributed by atoms with E-state index in [0.29, 0.717) is 32.7 Å². The molecule has 0 aromatic rings. The van der Waals surface area contributed by atoms with Gasteiger partial charge in [0, 0.05) is 13.1 Å². The molecule has 6 nitrogen and oxygen atoms in total. The second-order valence-corrected chi connectivity index (χ2v) is 3.35. The maximum atomic E-state index is 11.6. The van der Waals surface area contributed by atoms with Crippen molar-refractivity contribution in [2.45, 2.75) is 19.4 Å². The second kappa shape index (κ2) is 5.55. The van der Waals surface area contributed by atoms with E-state index in [1.807, 2.05) is 0 Å². The average Bonchev–Trinajstić information content (AvgIpc) is 2.26. The third kappa shape index (κ3) is 3.39. The van der Waals surface area contributed by atoms with Gasteiger partial charge in [0.2, 0.25) is 0 Å². The van der Waals surface area contributed by atoms with Crippen LogP contribution in [-0.4, -0.2) is 54.4 Å². The molecule has 0 aromatic heterocycles. The van der Waals surface area contributed by atoms with Crippen molar-refractivity contribution in [1.29, 1.82) is 0 Å². The van der Waals surface area contributed by atoms with Crippen molar-refractivity contribution in [3.8, 4) is 0 Å². The lowest BCUT2D eigenvalue weighted by Crippen LogP contribution is -2.51. The fourth-order valence-electron chi connectivity index (χ4n) is 1.35. The number of hydrogen-bond donors (Lipinski definition) is 2. The van der Waals surface area contributed by atoms with Crippen LogP contribution in [0.3, 0.4) is 0 Å². The molecule has 15 heavy (non-hydrogen) atoms. The highest BCUT2D eigenvalue weighted by Crippen LogP contribution is 1.99. The Morgan fingerprint density at radius 2 is 2.07 bits per heavy atom. The van der Waals surface area contributed by atoms with Crippen molar-refractivity contribution in [1.82, 2.24) is 10.2 Å². The predicted molar refractivity (Wildman–Crippen MR) is 52.6 cm³/mol. The zero-order valence-corrected chi connectivity index (χ0v) is 8.73. The molecular weight excluding hydrogens is 200 g/mol. The van der Waals surface area contributed by atoms with E-state index in [9.17, 15) is 9.59 Å². The van der Waals surface area contributed by atoms with Crippen LogP contribution in [0, 0.1) is 0 Å². The maximum absolute atomic E-state index is 11.6. The van der Waals surface area contributed by atoms with Gasteiger partial charge in [-0.15, -0.1) is 0 Å².